The average molecular weight is 417 g/mol. The smallest absolute Gasteiger partial charge is 0.289 e. The van der Waals surface area contributed by atoms with Crippen LogP contribution >= 0.6 is 0 Å². The maximum Gasteiger partial charge on any atom is 0.289 e. The summed E-state index contributed by atoms with van der Waals surface area (Å²) in [6.45, 7) is 3.88. The first-order chi connectivity index (χ1) is 14.5. The average Bonchev–Trinajstić information content (AvgIpc) is 3.36. The molecule has 4 rings (SSSR count). The normalized spacial score (nSPS) is 16.3. The molecular formula is C20H25F2N7O. The van der Waals surface area contributed by atoms with Gasteiger partial charge in [-0.2, -0.15) is 0 Å². The lowest BCUT2D eigenvalue weighted by molar-refractivity contribution is 0.0852. The van der Waals surface area contributed by atoms with Crippen molar-refractivity contribution in [3.8, 4) is 0 Å². The molecule has 10 heteroatoms. The molecule has 3 heterocycles. The molecule has 1 amide bonds. The van der Waals surface area contributed by atoms with Crippen LogP contribution in [0.5, 0.6) is 0 Å². The number of H-pyrrole nitrogens is 2. The zero-order valence-corrected chi connectivity index (χ0v) is 16.7. The molecule has 1 unspecified atom stereocenters. The quantitative estimate of drug-likeness (QED) is 0.547. The molecule has 0 bridgehead atoms. The van der Waals surface area contributed by atoms with Gasteiger partial charge in [0.2, 0.25) is 11.8 Å². The van der Waals surface area contributed by atoms with Crippen molar-refractivity contribution in [3.63, 3.8) is 0 Å². The minimum atomic E-state index is -2.33. The highest BCUT2D eigenvalue weighted by Crippen LogP contribution is 2.19. The van der Waals surface area contributed by atoms with Crippen LogP contribution in [0.25, 0.3) is 10.9 Å². The van der Waals surface area contributed by atoms with Crippen LogP contribution in [0, 0.1) is 0 Å². The predicted octanol–water partition coefficient (Wildman–Crippen LogP) is 2.03. The van der Waals surface area contributed by atoms with E-state index in [1.54, 1.807) is 4.90 Å². The number of piperazine rings is 1. The molecule has 3 aromatic rings. The first kappa shape index (κ1) is 20.3. The Morgan fingerprint density at radius 3 is 2.73 bits per heavy atom. The summed E-state index contributed by atoms with van der Waals surface area (Å²) >= 11 is 0. The summed E-state index contributed by atoms with van der Waals surface area (Å²) in [4.78, 5) is 22.4. The van der Waals surface area contributed by atoms with Crippen molar-refractivity contribution in [2.24, 2.45) is 0 Å². The van der Waals surface area contributed by atoms with Gasteiger partial charge in [0.05, 0.1) is 6.54 Å². The SMILES string of the molecule is CC(Cc1c[nH]c2ccccc12)NC(=O)c1nnc(N2CCN(CC(F)F)CC2)[nH]1. The van der Waals surface area contributed by atoms with Crippen LogP contribution in [0.3, 0.4) is 0 Å². The molecule has 2 aromatic heterocycles. The standard InChI is InChI=1S/C20H25F2N7O/c1-13(10-14-11-23-16-5-3-2-4-15(14)16)24-19(30)18-25-20(27-26-18)29-8-6-28(7-9-29)12-17(21)22/h2-5,11,13,17,23H,6-10,12H2,1H3,(H,24,30)(H,25,26,27). The van der Waals surface area contributed by atoms with Crippen LogP contribution in [0.15, 0.2) is 30.5 Å². The molecule has 1 saturated heterocycles. The summed E-state index contributed by atoms with van der Waals surface area (Å²) in [6.07, 6.45) is 0.319. The second-order valence-corrected chi connectivity index (χ2v) is 7.61. The third-order valence-electron chi connectivity index (χ3n) is 5.34. The number of carbonyl (C=O) groups is 1. The fourth-order valence-electron chi connectivity index (χ4n) is 3.81. The van der Waals surface area contributed by atoms with Crippen molar-refractivity contribution < 1.29 is 13.6 Å². The highest BCUT2D eigenvalue weighted by molar-refractivity contribution is 5.91. The van der Waals surface area contributed by atoms with Crippen molar-refractivity contribution >= 4 is 22.8 Å². The Hall–Kier alpha value is -3.01. The van der Waals surface area contributed by atoms with Gasteiger partial charge in [0.25, 0.3) is 12.3 Å². The molecule has 8 nitrogen and oxygen atoms in total. The fourth-order valence-corrected chi connectivity index (χ4v) is 3.81. The number of aromatic amines is 2. The summed E-state index contributed by atoms with van der Waals surface area (Å²) in [7, 11) is 0. The lowest BCUT2D eigenvalue weighted by Crippen LogP contribution is -2.48. The Bertz CT molecular complexity index is 994. The first-order valence-electron chi connectivity index (χ1n) is 10.0. The van der Waals surface area contributed by atoms with E-state index in [2.05, 4.69) is 31.5 Å². The first-order valence-corrected chi connectivity index (χ1v) is 10.0. The van der Waals surface area contributed by atoms with Gasteiger partial charge in [-0.05, 0) is 25.0 Å². The van der Waals surface area contributed by atoms with E-state index in [4.69, 9.17) is 0 Å². The van der Waals surface area contributed by atoms with E-state index in [9.17, 15) is 13.6 Å². The molecule has 30 heavy (non-hydrogen) atoms. The number of amides is 1. The molecule has 1 aromatic carbocycles. The van der Waals surface area contributed by atoms with Gasteiger partial charge in [-0.1, -0.05) is 18.2 Å². The number of hydrogen-bond acceptors (Lipinski definition) is 5. The summed E-state index contributed by atoms with van der Waals surface area (Å²) in [6, 6.07) is 7.95. The minimum absolute atomic E-state index is 0.0943. The van der Waals surface area contributed by atoms with Crippen molar-refractivity contribution in [2.75, 3.05) is 37.6 Å². The van der Waals surface area contributed by atoms with Crippen molar-refractivity contribution in [1.82, 2.24) is 30.4 Å². The number of benzene rings is 1. The minimum Gasteiger partial charge on any atom is -0.361 e. The second-order valence-electron chi connectivity index (χ2n) is 7.61. The molecule has 3 N–H and O–H groups in total. The highest BCUT2D eigenvalue weighted by atomic mass is 19.3. The predicted molar refractivity (Wildman–Crippen MR) is 110 cm³/mol. The maximum absolute atomic E-state index is 12.6. The van der Waals surface area contributed by atoms with Gasteiger partial charge < -0.3 is 20.2 Å². The molecule has 1 fully saturated rings. The van der Waals surface area contributed by atoms with Gasteiger partial charge >= 0.3 is 0 Å². The van der Waals surface area contributed by atoms with Crippen molar-refractivity contribution in [3.05, 3.63) is 41.9 Å². The molecule has 0 radical (unpaired) electrons. The number of alkyl halides is 2. The Morgan fingerprint density at radius 1 is 1.20 bits per heavy atom. The Labute approximate surface area is 172 Å². The number of nitrogens with zero attached hydrogens (tertiary/aromatic N) is 4. The third-order valence-corrected chi connectivity index (χ3v) is 5.34. The number of carbonyl (C=O) groups excluding carboxylic acids is 1. The van der Waals surface area contributed by atoms with E-state index in [1.807, 2.05) is 36.2 Å². The summed E-state index contributed by atoms with van der Waals surface area (Å²) in [5.41, 5.74) is 2.21. The van der Waals surface area contributed by atoms with E-state index >= 15 is 0 Å². The maximum atomic E-state index is 12.6. The highest BCUT2D eigenvalue weighted by Gasteiger charge is 2.23. The number of hydrogen-bond donors (Lipinski definition) is 3. The fraction of sp³-hybridized carbons (Fsp3) is 0.450. The monoisotopic (exact) mass is 417 g/mol. The molecule has 0 spiro atoms. The van der Waals surface area contributed by atoms with Crippen LogP contribution in [-0.2, 0) is 6.42 Å². The Morgan fingerprint density at radius 2 is 1.97 bits per heavy atom. The lowest BCUT2D eigenvalue weighted by atomic mass is 10.1. The molecule has 0 saturated carbocycles. The zero-order valence-electron chi connectivity index (χ0n) is 16.7. The molecule has 1 aliphatic rings. The molecule has 0 aliphatic carbocycles. The van der Waals surface area contributed by atoms with Gasteiger partial charge in [-0.3, -0.25) is 9.69 Å². The number of halogens is 2. The van der Waals surface area contributed by atoms with Crippen LogP contribution in [-0.4, -0.2) is 76.2 Å². The van der Waals surface area contributed by atoms with Gasteiger partial charge in [-0.25, -0.2) is 8.78 Å². The molecule has 1 atom stereocenters. The number of rotatable bonds is 7. The van der Waals surface area contributed by atoms with E-state index in [0.717, 1.165) is 16.5 Å². The van der Waals surface area contributed by atoms with Crippen LogP contribution in [0.4, 0.5) is 14.7 Å². The van der Waals surface area contributed by atoms with E-state index in [0.29, 0.717) is 38.5 Å². The number of anilines is 1. The van der Waals surface area contributed by atoms with Crippen LogP contribution in [0.1, 0.15) is 23.1 Å². The largest absolute Gasteiger partial charge is 0.361 e. The Balaban J connectivity index is 1.32. The van der Waals surface area contributed by atoms with Crippen LogP contribution in [0.2, 0.25) is 0 Å². The molecule has 160 valence electrons. The summed E-state index contributed by atoms with van der Waals surface area (Å²) in [5, 5.41) is 12.1. The number of nitrogens with one attached hydrogen (secondary N) is 3. The number of para-hydroxylation sites is 1. The third kappa shape index (κ3) is 4.59. The van der Waals surface area contributed by atoms with E-state index in [1.165, 1.54) is 0 Å². The van der Waals surface area contributed by atoms with E-state index in [-0.39, 0.29) is 24.3 Å². The number of fused-ring (bicyclic) bond motifs is 1. The lowest BCUT2D eigenvalue weighted by Gasteiger charge is -2.33. The van der Waals surface area contributed by atoms with Gasteiger partial charge in [0.15, 0.2) is 0 Å². The second kappa shape index (κ2) is 8.78. The summed E-state index contributed by atoms with van der Waals surface area (Å²) in [5.74, 6) is 0.310. The Kier molecular flexibility index (Phi) is 5.93. The van der Waals surface area contributed by atoms with E-state index < -0.39 is 6.43 Å². The van der Waals surface area contributed by atoms with Crippen molar-refractivity contribution in [1.29, 1.82) is 0 Å². The summed E-state index contributed by atoms with van der Waals surface area (Å²) < 4.78 is 25.0. The zero-order chi connectivity index (χ0) is 21.1. The topological polar surface area (TPSA) is 92.9 Å². The van der Waals surface area contributed by atoms with Crippen molar-refractivity contribution in [2.45, 2.75) is 25.8 Å². The molecule has 1 aliphatic heterocycles. The number of aromatic nitrogens is 4. The van der Waals surface area contributed by atoms with Gasteiger partial charge in [0, 0.05) is 49.3 Å². The van der Waals surface area contributed by atoms with Crippen LogP contribution < -0.4 is 10.2 Å². The van der Waals surface area contributed by atoms with Gasteiger partial charge in [-0.15, -0.1) is 10.2 Å². The molecular weight excluding hydrogens is 392 g/mol. The van der Waals surface area contributed by atoms with Gasteiger partial charge in [0.1, 0.15) is 0 Å².